The molecule has 130 valence electrons. The van der Waals surface area contributed by atoms with Crippen LogP contribution in [-0.4, -0.2) is 22.3 Å². The quantitative estimate of drug-likeness (QED) is 0.679. The molecule has 0 radical (unpaired) electrons. The third-order valence-corrected chi connectivity index (χ3v) is 4.73. The molecule has 2 aromatic heterocycles. The number of fused-ring (bicyclic) bond motifs is 2. The highest BCUT2D eigenvalue weighted by Gasteiger charge is 2.42. The van der Waals surface area contributed by atoms with Gasteiger partial charge in [-0.15, -0.1) is 6.58 Å². The van der Waals surface area contributed by atoms with Gasteiger partial charge in [0.15, 0.2) is 5.43 Å². The van der Waals surface area contributed by atoms with Gasteiger partial charge in [-0.2, -0.15) is 0 Å². The number of benzene rings is 1. The molecular formula is C21H18N2O3. The number of rotatable bonds is 4. The predicted molar refractivity (Wildman–Crippen MR) is 99.2 cm³/mol. The zero-order valence-corrected chi connectivity index (χ0v) is 14.4. The molecule has 1 aliphatic rings. The zero-order chi connectivity index (χ0) is 18.3. The summed E-state index contributed by atoms with van der Waals surface area (Å²) in [6.45, 7) is 6.06. The molecule has 4 rings (SSSR count). The Labute approximate surface area is 150 Å². The summed E-state index contributed by atoms with van der Waals surface area (Å²) in [5.74, 6) is -0.210. The van der Waals surface area contributed by atoms with E-state index in [2.05, 4.69) is 11.6 Å². The maximum Gasteiger partial charge on any atom is 0.291 e. The summed E-state index contributed by atoms with van der Waals surface area (Å²) in [7, 11) is 0. The number of pyridine rings is 1. The van der Waals surface area contributed by atoms with E-state index in [9.17, 15) is 9.59 Å². The fourth-order valence-corrected chi connectivity index (χ4v) is 3.46. The molecule has 5 heteroatoms. The van der Waals surface area contributed by atoms with E-state index >= 15 is 0 Å². The van der Waals surface area contributed by atoms with Crippen LogP contribution in [0.15, 0.2) is 64.5 Å². The minimum Gasteiger partial charge on any atom is -0.450 e. The van der Waals surface area contributed by atoms with E-state index in [1.54, 1.807) is 29.3 Å². The molecule has 1 aliphatic heterocycles. The molecule has 0 fully saturated rings. The molecule has 26 heavy (non-hydrogen) atoms. The van der Waals surface area contributed by atoms with E-state index in [-0.39, 0.29) is 17.1 Å². The second kappa shape index (κ2) is 6.26. The van der Waals surface area contributed by atoms with Crippen molar-refractivity contribution in [3.05, 3.63) is 88.1 Å². The van der Waals surface area contributed by atoms with Crippen LogP contribution >= 0.6 is 0 Å². The molecule has 0 spiro atoms. The van der Waals surface area contributed by atoms with Crippen molar-refractivity contribution < 1.29 is 9.21 Å². The highest BCUT2D eigenvalue weighted by Crippen LogP contribution is 2.37. The summed E-state index contributed by atoms with van der Waals surface area (Å²) in [6.07, 6.45) is 4.11. The predicted octanol–water partition coefficient (Wildman–Crippen LogP) is 3.48. The van der Waals surface area contributed by atoms with Gasteiger partial charge in [0.05, 0.1) is 16.6 Å². The lowest BCUT2D eigenvalue weighted by atomic mass is 10.0. The molecule has 3 heterocycles. The molecule has 1 aromatic carbocycles. The van der Waals surface area contributed by atoms with Crippen molar-refractivity contribution in [1.82, 2.24) is 9.88 Å². The van der Waals surface area contributed by atoms with Crippen molar-refractivity contribution in [3.63, 3.8) is 0 Å². The Kier molecular flexibility index (Phi) is 3.92. The number of hydrogen-bond donors (Lipinski definition) is 0. The summed E-state index contributed by atoms with van der Waals surface area (Å²) >= 11 is 0. The molecule has 0 aliphatic carbocycles. The maximum atomic E-state index is 13.3. The summed E-state index contributed by atoms with van der Waals surface area (Å²) in [6, 6.07) is 10.4. The normalized spacial score (nSPS) is 16.1. The van der Waals surface area contributed by atoms with E-state index in [1.807, 2.05) is 31.2 Å². The fourth-order valence-electron chi connectivity index (χ4n) is 3.46. The Bertz CT molecular complexity index is 1070. The van der Waals surface area contributed by atoms with Crippen LogP contribution in [0.25, 0.3) is 11.0 Å². The summed E-state index contributed by atoms with van der Waals surface area (Å²) in [5.41, 5.74) is 2.30. The second-order valence-corrected chi connectivity index (χ2v) is 6.26. The third-order valence-electron chi connectivity index (χ3n) is 4.73. The lowest BCUT2D eigenvalue weighted by Crippen LogP contribution is -2.30. The van der Waals surface area contributed by atoms with Gasteiger partial charge in [-0.25, -0.2) is 0 Å². The molecule has 0 saturated heterocycles. The second-order valence-electron chi connectivity index (χ2n) is 6.26. The van der Waals surface area contributed by atoms with Gasteiger partial charge in [0.1, 0.15) is 11.6 Å². The zero-order valence-electron chi connectivity index (χ0n) is 14.4. The van der Waals surface area contributed by atoms with E-state index in [0.717, 1.165) is 12.0 Å². The van der Waals surface area contributed by atoms with Gasteiger partial charge < -0.3 is 9.32 Å². The average molecular weight is 346 g/mol. The number of amides is 1. The van der Waals surface area contributed by atoms with E-state index in [1.165, 1.54) is 0 Å². The van der Waals surface area contributed by atoms with Crippen molar-refractivity contribution in [3.8, 4) is 0 Å². The third kappa shape index (κ3) is 2.36. The van der Waals surface area contributed by atoms with Crippen LogP contribution in [0.1, 0.15) is 40.3 Å². The largest absolute Gasteiger partial charge is 0.450 e. The molecule has 5 nitrogen and oxygen atoms in total. The van der Waals surface area contributed by atoms with Crippen molar-refractivity contribution in [2.75, 3.05) is 6.54 Å². The summed E-state index contributed by atoms with van der Waals surface area (Å²) in [4.78, 5) is 32.1. The number of aromatic nitrogens is 1. The van der Waals surface area contributed by atoms with Gasteiger partial charge in [-0.05, 0) is 36.2 Å². The van der Waals surface area contributed by atoms with Gasteiger partial charge >= 0.3 is 0 Å². The first kappa shape index (κ1) is 16.3. The molecule has 1 unspecified atom stereocenters. The molecule has 1 atom stereocenters. The van der Waals surface area contributed by atoms with Crippen molar-refractivity contribution in [2.45, 2.75) is 19.4 Å². The number of aryl methyl sites for hydroxylation is 1. The van der Waals surface area contributed by atoms with Crippen molar-refractivity contribution in [2.24, 2.45) is 0 Å². The van der Waals surface area contributed by atoms with Crippen molar-refractivity contribution >= 4 is 16.9 Å². The molecular weight excluding hydrogens is 328 g/mol. The molecule has 0 saturated carbocycles. The van der Waals surface area contributed by atoms with Crippen LogP contribution in [0.2, 0.25) is 0 Å². The smallest absolute Gasteiger partial charge is 0.291 e. The Morgan fingerprint density at radius 3 is 2.81 bits per heavy atom. The Morgan fingerprint density at radius 1 is 1.27 bits per heavy atom. The number of nitrogens with zero attached hydrogens (tertiary/aromatic N) is 2. The van der Waals surface area contributed by atoms with Gasteiger partial charge in [0.2, 0.25) is 5.76 Å². The molecule has 3 aromatic rings. The first-order valence-corrected chi connectivity index (χ1v) is 8.58. The summed E-state index contributed by atoms with van der Waals surface area (Å²) in [5, 5.41) is 0.497. The monoisotopic (exact) mass is 346 g/mol. The Balaban J connectivity index is 2.02. The van der Waals surface area contributed by atoms with Gasteiger partial charge in [0.25, 0.3) is 5.91 Å². The van der Waals surface area contributed by atoms with Crippen molar-refractivity contribution in [1.29, 1.82) is 0 Å². The van der Waals surface area contributed by atoms with Crippen LogP contribution in [-0.2, 0) is 6.42 Å². The molecule has 0 N–H and O–H groups in total. The van der Waals surface area contributed by atoms with E-state index in [4.69, 9.17) is 4.42 Å². The highest BCUT2D eigenvalue weighted by molar-refractivity contribution is 5.99. The first-order chi connectivity index (χ1) is 12.7. The average Bonchev–Trinajstić information content (AvgIpc) is 2.95. The first-order valence-electron chi connectivity index (χ1n) is 8.58. The molecule has 0 bridgehead atoms. The van der Waals surface area contributed by atoms with Gasteiger partial charge in [-0.1, -0.05) is 25.1 Å². The molecule has 1 amide bonds. The van der Waals surface area contributed by atoms with E-state index in [0.29, 0.717) is 28.8 Å². The highest BCUT2D eigenvalue weighted by atomic mass is 16.3. The maximum absolute atomic E-state index is 13.3. The Hall–Kier alpha value is -3.21. The number of hydrogen-bond acceptors (Lipinski definition) is 4. The van der Waals surface area contributed by atoms with Crippen LogP contribution in [0.5, 0.6) is 0 Å². The minimum absolute atomic E-state index is 0.101. The standard InChI is InChI=1S/C21H18N2O3/c1-3-11-23-18(15-7-5-6-10-22-15)17-19(24)14-12-13(4-2)8-9-16(14)26-20(17)21(23)25/h3,5-10,12,18H,1,4,11H2,2H3. The minimum atomic E-state index is -0.567. The van der Waals surface area contributed by atoms with Crippen LogP contribution < -0.4 is 5.43 Å². The fraction of sp³-hybridized carbons (Fsp3) is 0.190. The SMILES string of the molecule is C=CCN1C(=O)c2oc3ccc(CC)cc3c(=O)c2C1c1ccccn1. The van der Waals surface area contributed by atoms with E-state index < -0.39 is 6.04 Å². The number of carbonyl (C=O) groups excluding carboxylic acids is 1. The van der Waals surface area contributed by atoms with Gasteiger partial charge in [0, 0.05) is 12.7 Å². The lowest BCUT2D eigenvalue weighted by Gasteiger charge is -2.22. The van der Waals surface area contributed by atoms with Crippen LogP contribution in [0.3, 0.4) is 0 Å². The Morgan fingerprint density at radius 2 is 2.12 bits per heavy atom. The lowest BCUT2D eigenvalue weighted by molar-refractivity contribution is 0.0746. The van der Waals surface area contributed by atoms with Crippen LogP contribution in [0, 0.1) is 0 Å². The van der Waals surface area contributed by atoms with Gasteiger partial charge in [-0.3, -0.25) is 14.6 Å². The topological polar surface area (TPSA) is 63.4 Å². The summed E-state index contributed by atoms with van der Waals surface area (Å²) < 4.78 is 5.87. The van der Waals surface area contributed by atoms with Crippen LogP contribution in [0.4, 0.5) is 0 Å². The number of carbonyl (C=O) groups is 1.